The molecule has 0 radical (unpaired) electrons. The molecule has 2 N–H and O–H groups in total. The van der Waals surface area contributed by atoms with Crippen molar-refractivity contribution in [2.45, 2.75) is 6.54 Å². The van der Waals surface area contributed by atoms with Crippen LogP contribution in [0.4, 0.5) is 17.5 Å². The molecule has 8 heteroatoms. The molecule has 0 fully saturated rings. The van der Waals surface area contributed by atoms with E-state index in [1.807, 2.05) is 24.3 Å². The molecule has 0 aliphatic carbocycles. The first-order valence-electron chi connectivity index (χ1n) is 7.42. The molecular weight excluding hydrogens is 361 g/mol. The van der Waals surface area contributed by atoms with Gasteiger partial charge in [0.1, 0.15) is 5.75 Å². The predicted molar refractivity (Wildman–Crippen MR) is 99.9 cm³/mol. The average Bonchev–Trinajstić information content (AvgIpc) is 2.63. The summed E-state index contributed by atoms with van der Waals surface area (Å²) in [5.74, 6) is 1.75. The summed E-state index contributed by atoms with van der Waals surface area (Å²) < 4.78 is 5.14. The Labute approximate surface area is 155 Å². The number of nitrogens with zero attached hydrogens (tertiary/aromatic N) is 3. The van der Waals surface area contributed by atoms with Gasteiger partial charge in [0.2, 0.25) is 5.95 Å². The maximum Gasteiger partial charge on any atom is 0.244 e. The van der Waals surface area contributed by atoms with Crippen molar-refractivity contribution in [3.05, 3.63) is 64.3 Å². The van der Waals surface area contributed by atoms with Crippen molar-refractivity contribution in [1.82, 2.24) is 15.2 Å². The molecule has 2 aromatic carbocycles. The SMILES string of the molecule is COc1ccc(CNc2nncc(Nc3ccc(Cl)cc3Cl)n2)cc1. The number of hydrogen-bond donors (Lipinski definition) is 2. The van der Waals surface area contributed by atoms with Crippen molar-refractivity contribution in [2.24, 2.45) is 0 Å². The van der Waals surface area contributed by atoms with Crippen molar-refractivity contribution in [3.8, 4) is 5.75 Å². The van der Waals surface area contributed by atoms with Gasteiger partial charge in [0, 0.05) is 11.6 Å². The Morgan fingerprint density at radius 2 is 1.88 bits per heavy atom. The van der Waals surface area contributed by atoms with E-state index in [0.29, 0.717) is 34.0 Å². The number of ether oxygens (including phenoxy) is 1. The molecule has 3 aromatic rings. The summed E-state index contributed by atoms with van der Waals surface area (Å²) in [7, 11) is 1.64. The molecule has 6 nitrogen and oxygen atoms in total. The monoisotopic (exact) mass is 375 g/mol. The van der Waals surface area contributed by atoms with E-state index in [1.165, 1.54) is 6.20 Å². The molecule has 0 unspecified atom stereocenters. The summed E-state index contributed by atoms with van der Waals surface area (Å²) in [5, 5.41) is 15.2. The fourth-order valence-electron chi connectivity index (χ4n) is 2.09. The van der Waals surface area contributed by atoms with Crippen LogP contribution in [0.15, 0.2) is 48.7 Å². The van der Waals surface area contributed by atoms with Gasteiger partial charge in [-0.1, -0.05) is 35.3 Å². The molecule has 128 valence electrons. The fourth-order valence-corrected chi connectivity index (χ4v) is 2.55. The van der Waals surface area contributed by atoms with Gasteiger partial charge in [-0.3, -0.25) is 0 Å². The van der Waals surface area contributed by atoms with Crippen LogP contribution in [0.5, 0.6) is 5.75 Å². The molecule has 0 saturated heterocycles. The quantitative estimate of drug-likeness (QED) is 0.658. The van der Waals surface area contributed by atoms with Crippen molar-refractivity contribution in [3.63, 3.8) is 0 Å². The van der Waals surface area contributed by atoms with Crippen LogP contribution < -0.4 is 15.4 Å². The molecule has 0 saturated carbocycles. The van der Waals surface area contributed by atoms with Crippen LogP contribution in [0.25, 0.3) is 0 Å². The van der Waals surface area contributed by atoms with Crippen LogP contribution in [0, 0.1) is 0 Å². The molecule has 1 aromatic heterocycles. The van der Waals surface area contributed by atoms with E-state index >= 15 is 0 Å². The van der Waals surface area contributed by atoms with Gasteiger partial charge >= 0.3 is 0 Å². The molecule has 0 spiro atoms. The fraction of sp³-hybridized carbons (Fsp3) is 0.118. The van der Waals surface area contributed by atoms with E-state index in [2.05, 4.69) is 25.8 Å². The largest absolute Gasteiger partial charge is 0.497 e. The van der Waals surface area contributed by atoms with Gasteiger partial charge in [-0.2, -0.15) is 10.1 Å². The Morgan fingerprint density at radius 3 is 2.60 bits per heavy atom. The summed E-state index contributed by atoms with van der Waals surface area (Å²) in [6.07, 6.45) is 1.52. The highest BCUT2D eigenvalue weighted by molar-refractivity contribution is 6.36. The van der Waals surface area contributed by atoms with Gasteiger partial charge < -0.3 is 15.4 Å². The molecule has 0 atom stereocenters. The highest BCUT2D eigenvalue weighted by Gasteiger charge is 2.05. The summed E-state index contributed by atoms with van der Waals surface area (Å²) in [4.78, 5) is 4.37. The highest BCUT2D eigenvalue weighted by Crippen LogP contribution is 2.27. The Balaban J connectivity index is 1.66. The molecule has 0 bridgehead atoms. The third kappa shape index (κ3) is 4.71. The molecule has 3 rings (SSSR count). The van der Waals surface area contributed by atoms with E-state index in [9.17, 15) is 0 Å². The molecule has 25 heavy (non-hydrogen) atoms. The number of nitrogens with one attached hydrogen (secondary N) is 2. The molecule has 0 aliphatic heterocycles. The predicted octanol–water partition coefficient (Wildman–Crippen LogP) is 4.54. The van der Waals surface area contributed by atoms with E-state index in [-0.39, 0.29) is 0 Å². The third-order valence-corrected chi connectivity index (χ3v) is 3.91. The Morgan fingerprint density at radius 1 is 1.08 bits per heavy atom. The summed E-state index contributed by atoms with van der Waals surface area (Å²) in [6.45, 7) is 0.566. The zero-order valence-corrected chi connectivity index (χ0v) is 14.8. The first kappa shape index (κ1) is 17.3. The van der Waals surface area contributed by atoms with Gasteiger partial charge in [0.25, 0.3) is 0 Å². The van der Waals surface area contributed by atoms with Crippen LogP contribution in [-0.4, -0.2) is 22.3 Å². The third-order valence-electron chi connectivity index (χ3n) is 3.36. The first-order chi connectivity index (χ1) is 12.1. The van der Waals surface area contributed by atoms with Gasteiger partial charge in [0.15, 0.2) is 5.82 Å². The standard InChI is InChI=1S/C17H15Cl2N5O/c1-25-13-5-2-11(3-6-13)9-20-17-23-16(10-21-24-17)22-15-7-4-12(18)8-14(15)19/h2-8,10H,9H2,1H3,(H2,20,22,23,24). The Kier molecular flexibility index (Phi) is 5.53. The normalized spacial score (nSPS) is 10.4. The number of hydrogen-bond acceptors (Lipinski definition) is 6. The van der Waals surface area contributed by atoms with Gasteiger partial charge in [-0.15, -0.1) is 5.10 Å². The van der Waals surface area contributed by atoms with Crippen molar-refractivity contribution in [2.75, 3.05) is 17.7 Å². The molecule has 0 amide bonds. The zero-order chi connectivity index (χ0) is 17.6. The van der Waals surface area contributed by atoms with Crippen molar-refractivity contribution >= 4 is 40.7 Å². The minimum atomic E-state index is 0.408. The lowest BCUT2D eigenvalue weighted by Crippen LogP contribution is -2.06. The molecular formula is C17H15Cl2N5O. The van der Waals surface area contributed by atoms with E-state index < -0.39 is 0 Å². The van der Waals surface area contributed by atoms with Crippen LogP contribution in [0.3, 0.4) is 0 Å². The zero-order valence-electron chi connectivity index (χ0n) is 13.3. The number of aromatic nitrogens is 3. The second kappa shape index (κ2) is 8.00. The smallest absolute Gasteiger partial charge is 0.244 e. The van der Waals surface area contributed by atoms with Crippen molar-refractivity contribution < 1.29 is 4.74 Å². The Bertz CT molecular complexity index is 858. The minimum absolute atomic E-state index is 0.408. The number of anilines is 3. The lowest BCUT2D eigenvalue weighted by Gasteiger charge is -2.09. The Hall–Kier alpha value is -2.57. The topological polar surface area (TPSA) is 72.0 Å². The lowest BCUT2D eigenvalue weighted by molar-refractivity contribution is 0.414. The van der Waals surface area contributed by atoms with Gasteiger partial charge in [-0.05, 0) is 35.9 Å². The number of methoxy groups -OCH3 is 1. The lowest BCUT2D eigenvalue weighted by atomic mass is 10.2. The second-order valence-electron chi connectivity index (χ2n) is 5.12. The number of rotatable bonds is 6. The summed E-state index contributed by atoms with van der Waals surface area (Å²) in [6, 6.07) is 12.9. The summed E-state index contributed by atoms with van der Waals surface area (Å²) >= 11 is 12.0. The molecule has 0 aliphatic rings. The summed E-state index contributed by atoms with van der Waals surface area (Å²) in [5.41, 5.74) is 1.76. The van der Waals surface area contributed by atoms with Crippen LogP contribution in [0.1, 0.15) is 5.56 Å². The maximum absolute atomic E-state index is 6.15. The van der Waals surface area contributed by atoms with Crippen LogP contribution >= 0.6 is 23.2 Å². The maximum atomic E-state index is 6.15. The first-order valence-corrected chi connectivity index (χ1v) is 8.18. The van der Waals surface area contributed by atoms with E-state index in [1.54, 1.807) is 25.3 Å². The second-order valence-corrected chi connectivity index (χ2v) is 5.96. The average molecular weight is 376 g/mol. The van der Waals surface area contributed by atoms with E-state index in [4.69, 9.17) is 27.9 Å². The van der Waals surface area contributed by atoms with Gasteiger partial charge in [0.05, 0.1) is 24.0 Å². The number of halogens is 2. The van der Waals surface area contributed by atoms with Crippen LogP contribution in [0.2, 0.25) is 10.0 Å². The van der Waals surface area contributed by atoms with Crippen molar-refractivity contribution in [1.29, 1.82) is 0 Å². The molecule has 1 heterocycles. The van der Waals surface area contributed by atoms with Gasteiger partial charge in [-0.25, -0.2) is 0 Å². The highest BCUT2D eigenvalue weighted by atomic mass is 35.5. The number of benzene rings is 2. The van der Waals surface area contributed by atoms with E-state index in [0.717, 1.165) is 11.3 Å². The minimum Gasteiger partial charge on any atom is -0.497 e. The van der Waals surface area contributed by atoms with Crippen LogP contribution in [-0.2, 0) is 6.54 Å².